The van der Waals surface area contributed by atoms with Crippen LogP contribution >= 0.6 is 0 Å². The molecule has 0 unspecified atom stereocenters. The van der Waals surface area contributed by atoms with Crippen LogP contribution in [0, 0.1) is 0 Å². The van der Waals surface area contributed by atoms with Crippen molar-refractivity contribution >= 4 is 11.6 Å². The zero-order valence-electron chi connectivity index (χ0n) is 9.66. The first kappa shape index (κ1) is 11.3. The maximum Gasteiger partial charge on any atom is 0.253 e. The van der Waals surface area contributed by atoms with Crippen LogP contribution in [0.25, 0.3) is 0 Å². The number of H-pyrrole nitrogens is 1. The highest BCUT2D eigenvalue weighted by Crippen LogP contribution is 2.13. The van der Waals surface area contributed by atoms with Gasteiger partial charge in [-0.05, 0) is 23.8 Å². The Morgan fingerprint density at radius 3 is 2.82 bits per heavy atom. The van der Waals surface area contributed by atoms with E-state index < -0.39 is 0 Å². The van der Waals surface area contributed by atoms with Crippen molar-refractivity contribution in [2.45, 2.75) is 6.54 Å². The molecule has 0 aliphatic heterocycles. The number of hydrogen-bond acceptors (Lipinski definition) is 2. The van der Waals surface area contributed by atoms with Crippen LogP contribution in [0.3, 0.4) is 0 Å². The summed E-state index contributed by atoms with van der Waals surface area (Å²) in [4.78, 5) is 14.9. The Kier molecular flexibility index (Phi) is 3.45. The molecule has 2 rings (SSSR count). The SMILES string of the molecule is CNc1ccccc1C(=O)NCc1cc[nH]c1. The molecule has 4 nitrogen and oxygen atoms in total. The fourth-order valence-electron chi connectivity index (χ4n) is 1.65. The normalized spacial score (nSPS) is 9.94. The van der Waals surface area contributed by atoms with E-state index in [4.69, 9.17) is 0 Å². The summed E-state index contributed by atoms with van der Waals surface area (Å²) in [5.41, 5.74) is 2.55. The number of para-hydroxylation sites is 1. The monoisotopic (exact) mass is 229 g/mol. The molecule has 1 amide bonds. The fourth-order valence-corrected chi connectivity index (χ4v) is 1.65. The van der Waals surface area contributed by atoms with Crippen LogP contribution in [0.4, 0.5) is 5.69 Å². The van der Waals surface area contributed by atoms with Gasteiger partial charge in [-0.25, -0.2) is 0 Å². The topological polar surface area (TPSA) is 56.9 Å². The number of carbonyl (C=O) groups excluding carboxylic acids is 1. The van der Waals surface area contributed by atoms with Gasteiger partial charge in [0.25, 0.3) is 5.91 Å². The number of amides is 1. The maximum absolute atomic E-state index is 12.0. The van der Waals surface area contributed by atoms with E-state index in [1.165, 1.54) is 0 Å². The van der Waals surface area contributed by atoms with Gasteiger partial charge >= 0.3 is 0 Å². The van der Waals surface area contributed by atoms with Crippen molar-refractivity contribution in [2.75, 3.05) is 12.4 Å². The predicted octanol–water partition coefficient (Wildman–Crippen LogP) is 1.99. The van der Waals surface area contributed by atoms with Crippen molar-refractivity contribution in [3.05, 3.63) is 53.9 Å². The molecule has 0 saturated heterocycles. The largest absolute Gasteiger partial charge is 0.387 e. The maximum atomic E-state index is 12.0. The highest BCUT2D eigenvalue weighted by molar-refractivity contribution is 5.99. The molecular weight excluding hydrogens is 214 g/mol. The lowest BCUT2D eigenvalue weighted by molar-refractivity contribution is 0.0951. The summed E-state index contributed by atoms with van der Waals surface area (Å²) < 4.78 is 0. The number of carbonyl (C=O) groups is 1. The van der Waals surface area contributed by atoms with E-state index in [1.54, 1.807) is 13.1 Å². The fraction of sp³-hybridized carbons (Fsp3) is 0.154. The van der Waals surface area contributed by atoms with E-state index in [1.807, 2.05) is 36.7 Å². The molecular formula is C13H15N3O. The molecule has 0 radical (unpaired) electrons. The Hall–Kier alpha value is -2.23. The summed E-state index contributed by atoms with van der Waals surface area (Å²) in [7, 11) is 1.80. The predicted molar refractivity (Wildman–Crippen MR) is 68.0 cm³/mol. The number of rotatable bonds is 4. The summed E-state index contributed by atoms with van der Waals surface area (Å²) in [5.74, 6) is -0.0730. The van der Waals surface area contributed by atoms with E-state index >= 15 is 0 Å². The van der Waals surface area contributed by atoms with Gasteiger partial charge in [0.2, 0.25) is 0 Å². The second-order valence-corrected chi connectivity index (χ2v) is 3.70. The van der Waals surface area contributed by atoms with Gasteiger partial charge in [0, 0.05) is 31.7 Å². The number of aromatic amines is 1. The van der Waals surface area contributed by atoms with Gasteiger partial charge in [-0.3, -0.25) is 4.79 Å². The van der Waals surface area contributed by atoms with Crippen molar-refractivity contribution in [3.8, 4) is 0 Å². The molecule has 88 valence electrons. The average Bonchev–Trinajstić information content (AvgIpc) is 2.89. The smallest absolute Gasteiger partial charge is 0.253 e. The Bertz CT molecular complexity index is 491. The highest BCUT2D eigenvalue weighted by Gasteiger charge is 2.09. The van der Waals surface area contributed by atoms with E-state index in [-0.39, 0.29) is 5.91 Å². The third-order valence-electron chi connectivity index (χ3n) is 2.56. The van der Waals surface area contributed by atoms with Gasteiger partial charge in [-0.2, -0.15) is 0 Å². The zero-order valence-corrected chi connectivity index (χ0v) is 9.66. The van der Waals surface area contributed by atoms with E-state index in [0.29, 0.717) is 12.1 Å². The minimum Gasteiger partial charge on any atom is -0.387 e. The lowest BCUT2D eigenvalue weighted by Crippen LogP contribution is -2.23. The number of aromatic nitrogens is 1. The summed E-state index contributed by atoms with van der Waals surface area (Å²) in [6, 6.07) is 9.37. The number of anilines is 1. The van der Waals surface area contributed by atoms with Crippen LogP contribution < -0.4 is 10.6 Å². The van der Waals surface area contributed by atoms with Crippen LogP contribution in [0.2, 0.25) is 0 Å². The van der Waals surface area contributed by atoms with Crippen molar-refractivity contribution < 1.29 is 4.79 Å². The molecule has 0 bridgehead atoms. The van der Waals surface area contributed by atoms with Crippen LogP contribution in [0.5, 0.6) is 0 Å². The summed E-state index contributed by atoms with van der Waals surface area (Å²) in [6.45, 7) is 0.528. The zero-order chi connectivity index (χ0) is 12.1. The molecule has 0 atom stereocenters. The third-order valence-corrected chi connectivity index (χ3v) is 2.56. The van der Waals surface area contributed by atoms with Crippen LogP contribution in [0.15, 0.2) is 42.7 Å². The van der Waals surface area contributed by atoms with Crippen molar-refractivity contribution in [1.82, 2.24) is 10.3 Å². The van der Waals surface area contributed by atoms with Crippen LogP contribution in [-0.4, -0.2) is 17.9 Å². The minimum atomic E-state index is -0.0730. The van der Waals surface area contributed by atoms with Gasteiger partial charge in [0.15, 0.2) is 0 Å². The van der Waals surface area contributed by atoms with E-state index in [9.17, 15) is 4.79 Å². The van der Waals surface area contributed by atoms with Crippen LogP contribution in [-0.2, 0) is 6.54 Å². The molecule has 0 saturated carbocycles. The Labute approximate surface area is 100 Å². The second kappa shape index (κ2) is 5.21. The molecule has 0 aliphatic carbocycles. The number of hydrogen-bond donors (Lipinski definition) is 3. The number of benzene rings is 1. The summed E-state index contributed by atoms with van der Waals surface area (Å²) in [6.07, 6.45) is 3.70. The Morgan fingerprint density at radius 2 is 2.12 bits per heavy atom. The molecule has 1 heterocycles. The van der Waals surface area contributed by atoms with Gasteiger partial charge in [0.1, 0.15) is 0 Å². The summed E-state index contributed by atoms with van der Waals surface area (Å²) >= 11 is 0. The first-order valence-electron chi connectivity index (χ1n) is 5.48. The quantitative estimate of drug-likeness (QED) is 0.751. The highest BCUT2D eigenvalue weighted by atomic mass is 16.1. The molecule has 17 heavy (non-hydrogen) atoms. The molecule has 1 aromatic heterocycles. The van der Waals surface area contributed by atoms with Crippen molar-refractivity contribution in [3.63, 3.8) is 0 Å². The van der Waals surface area contributed by atoms with Crippen LogP contribution in [0.1, 0.15) is 15.9 Å². The average molecular weight is 229 g/mol. The minimum absolute atomic E-state index is 0.0730. The number of nitrogens with one attached hydrogen (secondary N) is 3. The molecule has 0 spiro atoms. The Balaban J connectivity index is 2.04. The Morgan fingerprint density at radius 1 is 1.29 bits per heavy atom. The van der Waals surface area contributed by atoms with E-state index in [0.717, 1.165) is 11.3 Å². The second-order valence-electron chi connectivity index (χ2n) is 3.70. The van der Waals surface area contributed by atoms with Crippen molar-refractivity contribution in [2.24, 2.45) is 0 Å². The first-order chi connectivity index (χ1) is 8.31. The molecule has 1 aromatic carbocycles. The molecule has 2 aromatic rings. The first-order valence-corrected chi connectivity index (χ1v) is 5.48. The molecule has 0 fully saturated rings. The molecule has 0 aliphatic rings. The van der Waals surface area contributed by atoms with Crippen molar-refractivity contribution in [1.29, 1.82) is 0 Å². The third kappa shape index (κ3) is 2.66. The summed E-state index contributed by atoms with van der Waals surface area (Å²) in [5, 5.41) is 5.88. The van der Waals surface area contributed by atoms with Gasteiger partial charge < -0.3 is 15.6 Å². The molecule has 4 heteroatoms. The lowest BCUT2D eigenvalue weighted by atomic mass is 10.1. The van der Waals surface area contributed by atoms with Gasteiger partial charge in [-0.15, -0.1) is 0 Å². The molecule has 3 N–H and O–H groups in total. The lowest BCUT2D eigenvalue weighted by Gasteiger charge is -2.08. The van der Waals surface area contributed by atoms with Gasteiger partial charge in [-0.1, -0.05) is 12.1 Å². The van der Waals surface area contributed by atoms with E-state index in [2.05, 4.69) is 15.6 Å². The van der Waals surface area contributed by atoms with Gasteiger partial charge in [0.05, 0.1) is 5.56 Å². The standard InChI is InChI=1S/C13H15N3O/c1-14-12-5-3-2-4-11(12)13(17)16-9-10-6-7-15-8-10/h2-8,14-15H,9H2,1H3,(H,16,17).